The number of nitrogens with zero attached hydrogens (tertiary/aromatic N) is 3. The molecular formula is C24H34ClN3O3. The molecule has 0 radical (unpaired) electrons. The van der Waals surface area contributed by atoms with Crippen LogP contribution in [0.1, 0.15) is 52.9 Å². The van der Waals surface area contributed by atoms with Gasteiger partial charge in [-0.1, -0.05) is 42.0 Å². The first kappa shape index (κ1) is 25.0. The Bertz CT molecular complexity index is 839. The molecule has 1 atom stereocenters. The molecule has 6 nitrogen and oxygen atoms in total. The van der Waals surface area contributed by atoms with Gasteiger partial charge in [0.25, 0.3) is 5.91 Å². The molecule has 170 valence electrons. The molecule has 2 aliphatic rings. The monoisotopic (exact) mass is 447 g/mol. The highest BCUT2D eigenvalue weighted by atomic mass is 35.5. The number of aliphatic imine (C=N–C) groups is 1. The molecule has 1 aliphatic heterocycles. The molecule has 1 aliphatic carbocycles. The summed E-state index contributed by atoms with van der Waals surface area (Å²) in [4.78, 5) is 21.3. The maximum Gasteiger partial charge on any atom is 0.254 e. The minimum absolute atomic E-state index is 0.0496. The highest BCUT2D eigenvalue weighted by molar-refractivity contribution is 6.29. The lowest BCUT2D eigenvalue weighted by atomic mass is 10.1. The van der Waals surface area contributed by atoms with E-state index in [4.69, 9.17) is 26.4 Å². The summed E-state index contributed by atoms with van der Waals surface area (Å²) in [6.45, 7) is 9.88. The Morgan fingerprint density at radius 2 is 2.16 bits per heavy atom. The Labute approximate surface area is 190 Å². The molecule has 0 aromatic rings. The zero-order chi connectivity index (χ0) is 23.0. The summed E-state index contributed by atoms with van der Waals surface area (Å²) in [5.74, 6) is 0.919. The quantitative estimate of drug-likeness (QED) is 0.250. The van der Waals surface area contributed by atoms with Crippen LogP contribution in [0.15, 0.2) is 63.6 Å². The van der Waals surface area contributed by atoms with E-state index in [2.05, 4.69) is 24.8 Å². The van der Waals surface area contributed by atoms with Crippen molar-refractivity contribution in [1.29, 1.82) is 0 Å². The highest BCUT2D eigenvalue weighted by Crippen LogP contribution is 2.26. The number of allylic oxidation sites excluding steroid dienone is 5. The third-order valence-corrected chi connectivity index (χ3v) is 6.00. The molecule has 0 fully saturated rings. The Balaban J connectivity index is 2.27. The van der Waals surface area contributed by atoms with Crippen molar-refractivity contribution in [3.05, 3.63) is 58.6 Å². The van der Waals surface area contributed by atoms with Gasteiger partial charge >= 0.3 is 0 Å². The fraction of sp³-hybridized carbons (Fsp3) is 0.500. The molecule has 2 rings (SSSR count). The first-order valence-corrected chi connectivity index (χ1v) is 11.1. The second kappa shape index (κ2) is 11.9. The minimum Gasteiger partial charge on any atom is -0.447 e. The zero-order valence-electron chi connectivity index (χ0n) is 19.0. The molecule has 1 N–H and O–H groups in total. The fourth-order valence-corrected chi connectivity index (χ4v) is 3.78. The van der Waals surface area contributed by atoms with Crippen molar-refractivity contribution in [2.45, 2.75) is 59.0 Å². The first-order valence-electron chi connectivity index (χ1n) is 10.7. The predicted octanol–water partition coefficient (Wildman–Crippen LogP) is 4.85. The van der Waals surface area contributed by atoms with Crippen molar-refractivity contribution >= 4 is 23.4 Å². The van der Waals surface area contributed by atoms with E-state index >= 15 is 0 Å². The summed E-state index contributed by atoms with van der Waals surface area (Å²) in [7, 11) is 1.91. The van der Waals surface area contributed by atoms with E-state index in [1.54, 1.807) is 11.8 Å². The molecule has 1 heterocycles. The van der Waals surface area contributed by atoms with Gasteiger partial charge < -0.3 is 19.6 Å². The highest BCUT2D eigenvalue weighted by Gasteiger charge is 2.33. The lowest BCUT2D eigenvalue weighted by molar-refractivity contribution is -0.134. The number of carbonyl (C=O) groups excluding carboxylic acids is 1. The second-order valence-electron chi connectivity index (χ2n) is 7.81. The average Bonchev–Trinajstić information content (AvgIpc) is 2.97. The summed E-state index contributed by atoms with van der Waals surface area (Å²) in [5.41, 5.74) is 2.75. The normalized spacial score (nSPS) is 21.1. The van der Waals surface area contributed by atoms with Crippen molar-refractivity contribution in [2.24, 2.45) is 4.99 Å². The van der Waals surface area contributed by atoms with Crippen LogP contribution in [0.4, 0.5) is 0 Å². The number of rotatable bonds is 8. The largest absolute Gasteiger partial charge is 0.447 e. The number of aliphatic hydroxyl groups excluding tert-OH is 1. The van der Waals surface area contributed by atoms with Gasteiger partial charge in [-0.25, -0.2) is 0 Å². The van der Waals surface area contributed by atoms with Crippen molar-refractivity contribution < 1.29 is 14.6 Å². The molecule has 0 spiro atoms. The number of halogens is 1. The molecule has 7 heteroatoms. The van der Waals surface area contributed by atoms with Crippen LogP contribution in [0.5, 0.6) is 0 Å². The molecule has 0 saturated heterocycles. The van der Waals surface area contributed by atoms with E-state index in [9.17, 15) is 4.79 Å². The SMILES string of the molecule is C=COC(=N/C1=C(C)C(=O)N(CCCO)C(C)N1C)/C(C)=C\CC1=CCC=C(Cl)CC1. The van der Waals surface area contributed by atoms with Crippen LogP contribution in [-0.2, 0) is 9.53 Å². The molecule has 31 heavy (non-hydrogen) atoms. The maximum absolute atomic E-state index is 12.9. The van der Waals surface area contributed by atoms with Gasteiger partial charge in [-0.2, -0.15) is 4.99 Å². The standard InChI is InChI=1S/C24H34ClN3O3/c1-6-31-23(17(2)11-12-20-9-7-10-21(25)14-13-20)26-22-18(3)24(30)28(15-8-16-29)19(4)27(22)5/h6,9-11,19,29H,1,7-8,12-16H2,2-5H3/b17-11-,26-23+. The molecule has 0 aromatic heterocycles. The molecular weight excluding hydrogens is 414 g/mol. The summed E-state index contributed by atoms with van der Waals surface area (Å²) in [5, 5.41) is 10.1. The minimum atomic E-state index is -0.177. The van der Waals surface area contributed by atoms with Crippen LogP contribution in [-0.4, -0.2) is 53.1 Å². The maximum atomic E-state index is 12.9. The lowest BCUT2D eigenvalue weighted by Crippen LogP contribution is -2.52. The first-order chi connectivity index (χ1) is 14.8. The van der Waals surface area contributed by atoms with Gasteiger partial charge in [0.05, 0.1) is 11.8 Å². The molecule has 0 aromatic carbocycles. The van der Waals surface area contributed by atoms with Crippen LogP contribution in [0.2, 0.25) is 0 Å². The molecule has 0 saturated carbocycles. The van der Waals surface area contributed by atoms with Gasteiger partial charge in [-0.3, -0.25) is 4.79 Å². The predicted molar refractivity (Wildman–Crippen MR) is 126 cm³/mol. The van der Waals surface area contributed by atoms with Crippen molar-refractivity contribution in [2.75, 3.05) is 20.2 Å². The van der Waals surface area contributed by atoms with E-state index in [0.717, 1.165) is 36.3 Å². The van der Waals surface area contributed by atoms with Gasteiger partial charge in [0.1, 0.15) is 12.0 Å². The Morgan fingerprint density at radius 1 is 1.42 bits per heavy atom. The summed E-state index contributed by atoms with van der Waals surface area (Å²) in [6, 6.07) is 0. The summed E-state index contributed by atoms with van der Waals surface area (Å²) in [6.07, 6.45) is 11.5. The van der Waals surface area contributed by atoms with Gasteiger partial charge in [0.15, 0.2) is 0 Å². The Kier molecular flexibility index (Phi) is 9.59. The van der Waals surface area contributed by atoms with E-state index < -0.39 is 0 Å². The van der Waals surface area contributed by atoms with E-state index in [1.807, 2.05) is 25.8 Å². The number of carbonyl (C=O) groups is 1. The number of amides is 1. The average molecular weight is 448 g/mol. The second-order valence-corrected chi connectivity index (χ2v) is 8.29. The summed E-state index contributed by atoms with van der Waals surface area (Å²) < 4.78 is 5.62. The van der Waals surface area contributed by atoms with Gasteiger partial charge in [-0.05, 0) is 52.9 Å². The van der Waals surface area contributed by atoms with Crippen LogP contribution in [0.3, 0.4) is 0 Å². The van der Waals surface area contributed by atoms with Gasteiger partial charge in [0.2, 0.25) is 5.90 Å². The molecule has 0 bridgehead atoms. The van der Waals surface area contributed by atoms with Crippen LogP contribution < -0.4 is 0 Å². The lowest BCUT2D eigenvalue weighted by Gasteiger charge is -2.41. The zero-order valence-corrected chi connectivity index (χ0v) is 19.8. The van der Waals surface area contributed by atoms with Crippen molar-refractivity contribution in [1.82, 2.24) is 9.80 Å². The van der Waals surface area contributed by atoms with Crippen LogP contribution >= 0.6 is 11.6 Å². The third kappa shape index (κ3) is 6.58. The smallest absolute Gasteiger partial charge is 0.254 e. The van der Waals surface area contributed by atoms with Crippen molar-refractivity contribution in [3.8, 4) is 0 Å². The van der Waals surface area contributed by atoms with Crippen LogP contribution in [0.25, 0.3) is 0 Å². The van der Waals surface area contributed by atoms with Crippen molar-refractivity contribution in [3.63, 3.8) is 0 Å². The fourth-order valence-electron chi connectivity index (χ4n) is 3.60. The number of aliphatic hydroxyl groups is 1. The topological polar surface area (TPSA) is 65.4 Å². The number of hydrogen-bond acceptors (Lipinski definition) is 5. The van der Waals surface area contributed by atoms with Gasteiger partial charge in [0, 0.05) is 30.8 Å². The van der Waals surface area contributed by atoms with Crippen LogP contribution in [0, 0.1) is 0 Å². The van der Waals surface area contributed by atoms with E-state index in [0.29, 0.717) is 30.3 Å². The third-order valence-electron chi connectivity index (χ3n) is 5.66. The summed E-state index contributed by atoms with van der Waals surface area (Å²) >= 11 is 6.15. The molecule has 1 unspecified atom stereocenters. The molecule has 1 amide bonds. The Hall–Kier alpha value is -2.31. The van der Waals surface area contributed by atoms with E-state index in [-0.39, 0.29) is 18.7 Å². The number of ether oxygens (including phenoxy) is 1. The van der Waals surface area contributed by atoms with Gasteiger partial charge in [-0.15, -0.1) is 0 Å². The number of hydrogen-bond donors (Lipinski definition) is 1. The Morgan fingerprint density at radius 3 is 2.84 bits per heavy atom. The van der Waals surface area contributed by atoms with E-state index in [1.165, 1.54) is 11.8 Å².